The van der Waals surface area contributed by atoms with E-state index in [1.54, 1.807) is 58.9 Å². The number of para-hydroxylation sites is 1. The van der Waals surface area contributed by atoms with E-state index in [2.05, 4.69) is 4.98 Å². The quantitative estimate of drug-likeness (QED) is 0.172. The molecular weight excluding hydrogens is 807 g/mol. The predicted octanol–water partition coefficient (Wildman–Crippen LogP) is 7.02. The van der Waals surface area contributed by atoms with Crippen LogP contribution >= 0.6 is 11.6 Å². The number of likely N-dealkylation sites (tertiary alicyclic amines) is 1. The minimum Gasteiger partial charge on any atom is -0.488 e. The molecule has 18 heteroatoms. The minimum atomic E-state index is -4.79. The van der Waals surface area contributed by atoms with E-state index in [-0.39, 0.29) is 57.1 Å². The first kappa shape index (κ1) is 43.9. The Morgan fingerprint density at radius 3 is 2.33 bits per heavy atom. The number of amides is 2. The number of pyridine rings is 1. The summed E-state index contributed by atoms with van der Waals surface area (Å²) in [7, 11) is -4.50. The summed E-state index contributed by atoms with van der Waals surface area (Å²) in [5, 5.41) is 0.850. The van der Waals surface area contributed by atoms with Gasteiger partial charge in [-0.1, -0.05) is 51.8 Å². The van der Waals surface area contributed by atoms with Crippen LogP contribution in [0.3, 0.4) is 0 Å². The molecule has 1 aromatic carbocycles. The molecule has 1 saturated heterocycles. The normalized spacial score (nSPS) is 25.3. The molecule has 2 heterocycles. The number of carbonyl (C=O) groups excluding carboxylic acids is 4. The summed E-state index contributed by atoms with van der Waals surface area (Å²) in [5.41, 5.74) is -5.51. The Labute approximate surface area is 341 Å². The van der Waals surface area contributed by atoms with Gasteiger partial charge < -0.3 is 19.1 Å². The summed E-state index contributed by atoms with van der Waals surface area (Å²) in [6, 6.07) is 5.44. The number of benzene rings is 1. The molecule has 0 bridgehead atoms. The lowest BCUT2D eigenvalue weighted by atomic mass is 9.77. The number of Topliss-reactive ketones (excluding diaryl/α,β-unsaturated/α-hetero) is 1. The summed E-state index contributed by atoms with van der Waals surface area (Å²) in [4.78, 5) is 62.0. The fraction of sp³-hybridized carbons (Fsp3) is 0.675. The summed E-state index contributed by atoms with van der Waals surface area (Å²) >= 11 is 6.49. The first-order chi connectivity index (χ1) is 27.0. The molecule has 58 heavy (non-hydrogen) atoms. The topological polar surface area (TPSA) is 167 Å². The summed E-state index contributed by atoms with van der Waals surface area (Å²) in [6.07, 6.45) is -5.62. The van der Waals surface area contributed by atoms with Gasteiger partial charge in [-0.2, -0.15) is 21.6 Å². The Bertz CT molecular complexity index is 2070. The van der Waals surface area contributed by atoms with Gasteiger partial charge in [-0.3, -0.25) is 19.2 Å². The van der Waals surface area contributed by atoms with Crippen LogP contribution in [-0.4, -0.2) is 84.5 Å². The average Bonchev–Trinajstić information content (AvgIpc) is 3.96. The third-order valence-electron chi connectivity index (χ3n) is 12.1. The molecule has 13 nitrogen and oxygen atoms in total. The lowest BCUT2D eigenvalue weighted by Gasteiger charge is -2.42. The molecule has 4 fully saturated rings. The van der Waals surface area contributed by atoms with E-state index >= 15 is 0 Å². The van der Waals surface area contributed by atoms with Crippen molar-refractivity contribution in [2.45, 2.75) is 135 Å². The van der Waals surface area contributed by atoms with Crippen molar-refractivity contribution in [1.82, 2.24) is 14.6 Å². The molecule has 6 rings (SSSR count). The lowest BCUT2D eigenvalue weighted by molar-refractivity contribution is -0.294. The van der Waals surface area contributed by atoms with Gasteiger partial charge in [-0.05, 0) is 75.8 Å². The average molecular weight is 858 g/mol. The van der Waals surface area contributed by atoms with E-state index in [4.69, 9.17) is 30.0 Å². The molecule has 3 aliphatic carbocycles. The molecule has 5 atom stereocenters. The number of hydrogen-bond acceptors (Lipinski definition) is 11. The standard InChI is InChI=1S/C40H51ClF3N3O10S/c1-7-23-20-38(23,35(51)46-58(52,53)57-37(6)15-16-37)21-29(48)28-17-24(55-30-19-31(54-8-2)45-33-25(30)11-9-12-27(33)41)22-47(28)34(50)26(36(3,4)5)18-32(49)56-39(13-10-14-39)40(42,43)44/h9,11-12,19,23-24,26,28H,7-8,10,13-18,20-22H2,1-6H3,(H,46,51)/t23-,24-,26-,28+,38-/m1/s1. The van der Waals surface area contributed by atoms with E-state index in [0.717, 1.165) is 0 Å². The van der Waals surface area contributed by atoms with Crippen molar-refractivity contribution in [1.29, 1.82) is 0 Å². The van der Waals surface area contributed by atoms with Gasteiger partial charge in [0.05, 0.1) is 53.1 Å². The molecule has 1 N–H and O–H groups in total. The highest BCUT2D eigenvalue weighted by molar-refractivity contribution is 7.85. The van der Waals surface area contributed by atoms with E-state index in [0.29, 0.717) is 40.9 Å². The molecule has 0 unspecified atom stereocenters. The van der Waals surface area contributed by atoms with Crippen molar-refractivity contribution in [2.24, 2.45) is 22.7 Å². The van der Waals surface area contributed by atoms with Crippen LogP contribution in [0.25, 0.3) is 10.9 Å². The van der Waals surface area contributed by atoms with Gasteiger partial charge in [0.2, 0.25) is 23.3 Å². The molecule has 2 amide bonds. The number of aromatic nitrogens is 1. The zero-order valence-corrected chi connectivity index (χ0v) is 35.1. The van der Waals surface area contributed by atoms with Crippen LogP contribution in [-0.2, 0) is 38.4 Å². The van der Waals surface area contributed by atoms with Crippen molar-refractivity contribution in [3.63, 3.8) is 0 Å². The van der Waals surface area contributed by atoms with Crippen molar-refractivity contribution in [2.75, 3.05) is 13.2 Å². The van der Waals surface area contributed by atoms with Crippen LogP contribution in [0, 0.1) is 22.7 Å². The van der Waals surface area contributed by atoms with Crippen molar-refractivity contribution in [3.05, 3.63) is 29.3 Å². The summed E-state index contributed by atoms with van der Waals surface area (Å²) < 4.78 is 92.0. The van der Waals surface area contributed by atoms with Crippen LogP contribution in [0.4, 0.5) is 13.2 Å². The predicted molar refractivity (Wildman–Crippen MR) is 205 cm³/mol. The minimum absolute atomic E-state index is 0.0638. The molecule has 1 aliphatic heterocycles. The van der Waals surface area contributed by atoms with Crippen molar-refractivity contribution < 1.29 is 59.2 Å². The van der Waals surface area contributed by atoms with Gasteiger partial charge in [0.1, 0.15) is 11.9 Å². The smallest absolute Gasteiger partial charge is 0.428 e. The number of hydrogen-bond donors (Lipinski definition) is 1. The molecule has 0 radical (unpaired) electrons. The van der Waals surface area contributed by atoms with Gasteiger partial charge in [0, 0.05) is 24.3 Å². The highest BCUT2D eigenvalue weighted by atomic mass is 35.5. The molecule has 2 aromatic rings. The van der Waals surface area contributed by atoms with Crippen LogP contribution in [0.5, 0.6) is 11.6 Å². The van der Waals surface area contributed by atoms with E-state index in [9.17, 15) is 40.8 Å². The fourth-order valence-electron chi connectivity index (χ4n) is 8.10. The van der Waals surface area contributed by atoms with E-state index in [1.807, 2.05) is 11.6 Å². The van der Waals surface area contributed by atoms with Gasteiger partial charge in [0.25, 0.3) is 0 Å². The number of alkyl halides is 3. The highest BCUT2D eigenvalue weighted by Gasteiger charge is 2.63. The monoisotopic (exact) mass is 857 g/mol. The third-order valence-corrected chi connectivity index (χ3v) is 13.4. The van der Waals surface area contributed by atoms with Crippen molar-refractivity contribution >= 4 is 56.4 Å². The van der Waals surface area contributed by atoms with Gasteiger partial charge in [-0.25, -0.2) is 13.9 Å². The first-order valence-corrected chi connectivity index (χ1v) is 21.5. The second-order valence-corrected chi connectivity index (χ2v) is 19.2. The first-order valence-electron chi connectivity index (χ1n) is 19.7. The Morgan fingerprint density at radius 1 is 1.09 bits per heavy atom. The number of rotatable bonds is 16. The number of halogens is 4. The number of nitrogens with one attached hydrogen (secondary N) is 1. The largest absolute Gasteiger partial charge is 0.488 e. The molecule has 320 valence electrons. The number of ketones is 1. The maximum Gasteiger partial charge on any atom is 0.428 e. The van der Waals surface area contributed by atoms with Crippen molar-refractivity contribution in [3.8, 4) is 11.6 Å². The second-order valence-electron chi connectivity index (χ2n) is 17.5. The van der Waals surface area contributed by atoms with Gasteiger partial charge >= 0.3 is 22.4 Å². The Balaban J connectivity index is 1.30. The number of nitrogens with zero attached hydrogens (tertiary/aromatic N) is 2. The maximum atomic E-state index is 14.7. The second kappa shape index (κ2) is 15.7. The van der Waals surface area contributed by atoms with Gasteiger partial charge in [0.15, 0.2) is 5.78 Å². The summed E-state index contributed by atoms with van der Waals surface area (Å²) in [5.74, 6) is -4.34. The Kier molecular flexibility index (Phi) is 11.9. The lowest BCUT2D eigenvalue weighted by Crippen LogP contribution is -2.54. The Morgan fingerprint density at radius 2 is 1.78 bits per heavy atom. The van der Waals surface area contributed by atoms with Crippen LogP contribution < -0.4 is 14.2 Å². The zero-order chi connectivity index (χ0) is 42.6. The van der Waals surface area contributed by atoms with Crippen LogP contribution in [0.1, 0.15) is 106 Å². The van der Waals surface area contributed by atoms with Crippen LogP contribution in [0.2, 0.25) is 5.02 Å². The molecule has 0 spiro atoms. The zero-order valence-electron chi connectivity index (χ0n) is 33.5. The third kappa shape index (κ3) is 9.05. The molecule has 3 saturated carbocycles. The molecule has 4 aliphatic rings. The van der Waals surface area contributed by atoms with E-state index < -0.39 is 93.0 Å². The highest BCUT2D eigenvalue weighted by Crippen LogP contribution is 2.58. The number of ether oxygens (including phenoxy) is 3. The number of esters is 1. The number of fused-ring (bicyclic) bond motifs is 1. The van der Waals surface area contributed by atoms with Crippen LogP contribution in [0.15, 0.2) is 24.3 Å². The Hall–Kier alpha value is -3.70. The molecular formula is C40H51ClF3N3O10S. The van der Waals surface area contributed by atoms with E-state index in [1.165, 1.54) is 4.90 Å². The van der Waals surface area contributed by atoms with Gasteiger partial charge in [-0.15, -0.1) is 0 Å². The molecule has 1 aromatic heterocycles. The number of carbonyl (C=O) groups is 4. The summed E-state index contributed by atoms with van der Waals surface area (Å²) in [6.45, 7) is 10.3. The SMILES string of the molecule is CCOc1cc(O[C@@H]2C[C@@H](C(=O)C[C@]3(C(=O)NS(=O)(=O)OC4(C)CC4)C[C@H]3CC)N(C(=O)[C@@H](CC(=O)OC3(C(F)(F)F)CCC3)C(C)(C)C)C2)c2cccc(Cl)c2n1. The fourth-order valence-corrected chi connectivity index (χ4v) is 9.49. The maximum absolute atomic E-state index is 14.7.